The number of hydrogen-bond acceptors (Lipinski definition) is 9. The molecule has 1 atom stereocenters. The van der Waals surface area contributed by atoms with E-state index >= 15 is 4.39 Å². The predicted octanol–water partition coefficient (Wildman–Crippen LogP) is 5.25. The van der Waals surface area contributed by atoms with Crippen LogP contribution in [-0.2, 0) is 11.8 Å². The number of halogens is 2. The highest BCUT2D eigenvalue weighted by atomic mass is 35.5. The summed E-state index contributed by atoms with van der Waals surface area (Å²) in [6.07, 6.45) is 8.19. The Hall–Kier alpha value is -4.84. The predicted molar refractivity (Wildman–Crippen MR) is 161 cm³/mol. The van der Waals surface area contributed by atoms with Gasteiger partial charge < -0.3 is 24.4 Å². The lowest BCUT2D eigenvalue weighted by Crippen LogP contribution is -2.56. The Bertz CT molecular complexity index is 1890. The summed E-state index contributed by atoms with van der Waals surface area (Å²) in [5.41, 5.74) is 2.54. The van der Waals surface area contributed by atoms with Crippen molar-refractivity contribution in [3.8, 4) is 11.5 Å². The molecule has 5 heterocycles. The van der Waals surface area contributed by atoms with Gasteiger partial charge in [-0.1, -0.05) is 18.2 Å². The largest absolute Gasteiger partial charge is 0.454 e. The van der Waals surface area contributed by atoms with E-state index in [1.54, 1.807) is 17.0 Å². The average Bonchev–Trinajstić information content (AvgIpc) is 3.81. The number of pyridine rings is 2. The van der Waals surface area contributed by atoms with Gasteiger partial charge in [0.1, 0.15) is 40.5 Å². The summed E-state index contributed by atoms with van der Waals surface area (Å²) >= 11 is 6.51. The molecule has 5 aromatic rings. The molecule has 0 spiro atoms. The number of aromatic nitrogens is 6. The summed E-state index contributed by atoms with van der Waals surface area (Å²) in [7, 11) is 1.84. The highest BCUT2D eigenvalue weighted by molar-refractivity contribution is 6.32. The van der Waals surface area contributed by atoms with Gasteiger partial charge in [0.25, 0.3) is 0 Å². The Balaban J connectivity index is 1.14. The fourth-order valence-electron chi connectivity index (χ4n) is 5.50. The van der Waals surface area contributed by atoms with Crippen molar-refractivity contribution in [2.75, 3.05) is 29.9 Å². The second kappa shape index (κ2) is 10.8. The van der Waals surface area contributed by atoms with Gasteiger partial charge in [0.05, 0.1) is 34.8 Å². The van der Waals surface area contributed by atoms with E-state index < -0.39 is 5.82 Å². The third-order valence-corrected chi connectivity index (χ3v) is 8.16. The minimum atomic E-state index is -0.593. The van der Waals surface area contributed by atoms with Crippen LogP contribution in [-0.4, -0.2) is 66.0 Å². The zero-order valence-electron chi connectivity index (χ0n) is 23.2. The van der Waals surface area contributed by atoms with Gasteiger partial charge in [-0.15, -0.1) is 0 Å². The van der Waals surface area contributed by atoms with Gasteiger partial charge in [0.2, 0.25) is 5.91 Å². The molecule has 1 aromatic carbocycles. The Morgan fingerprint density at radius 3 is 2.81 bits per heavy atom. The van der Waals surface area contributed by atoms with Crippen molar-refractivity contribution in [2.45, 2.75) is 18.9 Å². The number of carbonyl (C=O) groups is 1. The fraction of sp³-hybridized carbons (Fsp3) is 0.267. The second-order valence-electron chi connectivity index (χ2n) is 10.7. The SMILES string of the molecule is C=CC(=O)N1CCN(c2ccc3ncnc(Nc4cc(Cl)c(Oc5cnc6c(c5)ncn6C)cc4F)c3n2)CC1C1CC1. The lowest BCUT2D eigenvalue weighted by molar-refractivity contribution is -0.129. The van der Waals surface area contributed by atoms with Crippen molar-refractivity contribution in [3.63, 3.8) is 0 Å². The number of rotatable bonds is 7. The number of fused-ring (bicyclic) bond motifs is 2. The standard InChI is InChI=1S/C30H27ClFN9O2/c1-3-27(42)41-9-8-40(14-24(41)17-4-5-17)26-7-6-21-28(38-26)29(35-15-34-21)37-22-11-19(31)25(12-20(22)32)43-18-10-23-30(33-13-18)39(2)16-36-23/h3,6-7,10-13,15-17,24H,1,4-5,8-9,14H2,2H3,(H,34,35,37). The number of carbonyl (C=O) groups excluding carboxylic acids is 1. The quantitative estimate of drug-likeness (QED) is 0.251. The molecule has 2 fully saturated rings. The average molecular weight is 600 g/mol. The van der Waals surface area contributed by atoms with Gasteiger partial charge in [0, 0.05) is 38.8 Å². The van der Waals surface area contributed by atoms with E-state index in [0.717, 1.165) is 18.7 Å². The highest BCUT2D eigenvalue weighted by Crippen LogP contribution is 2.39. The van der Waals surface area contributed by atoms with Crippen LogP contribution in [0.1, 0.15) is 12.8 Å². The first-order valence-corrected chi connectivity index (χ1v) is 14.3. The molecule has 1 amide bonds. The summed E-state index contributed by atoms with van der Waals surface area (Å²) in [6, 6.07) is 8.24. The summed E-state index contributed by atoms with van der Waals surface area (Å²) in [5, 5.41) is 3.22. The van der Waals surface area contributed by atoms with Crippen molar-refractivity contribution >= 4 is 57.0 Å². The number of piperazine rings is 1. The van der Waals surface area contributed by atoms with Crippen LogP contribution in [0.5, 0.6) is 11.5 Å². The van der Waals surface area contributed by atoms with Gasteiger partial charge in [0.15, 0.2) is 11.5 Å². The number of benzene rings is 1. The Labute approximate surface area is 251 Å². The van der Waals surface area contributed by atoms with E-state index in [-0.39, 0.29) is 28.4 Å². The van der Waals surface area contributed by atoms with Crippen LogP contribution in [0, 0.1) is 11.7 Å². The van der Waals surface area contributed by atoms with Gasteiger partial charge in [-0.05, 0) is 43.0 Å². The molecule has 4 aromatic heterocycles. The van der Waals surface area contributed by atoms with Crippen molar-refractivity contribution in [1.82, 2.24) is 34.4 Å². The number of imidazole rings is 1. The zero-order valence-corrected chi connectivity index (χ0v) is 24.0. The molecule has 43 heavy (non-hydrogen) atoms. The zero-order chi connectivity index (χ0) is 29.7. The highest BCUT2D eigenvalue weighted by Gasteiger charge is 2.40. The maximum atomic E-state index is 15.4. The number of hydrogen-bond donors (Lipinski definition) is 1. The Kier molecular flexibility index (Phi) is 6.77. The third kappa shape index (κ3) is 5.18. The molecule has 1 aliphatic heterocycles. The number of nitrogens with one attached hydrogen (secondary N) is 1. The van der Waals surface area contributed by atoms with E-state index in [0.29, 0.717) is 59.3 Å². The summed E-state index contributed by atoms with van der Waals surface area (Å²) in [5.74, 6) is 1.44. The first kappa shape index (κ1) is 27.0. The van der Waals surface area contributed by atoms with Crippen LogP contribution in [0.3, 0.4) is 0 Å². The molecule has 0 radical (unpaired) electrons. The van der Waals surface area contributed by atoms with Crippen molar-refractivity contribution in [1.29, 1.82) is 0 Å². The summed E-state index contributed by atoms with van der Waals surface area (Å²) < 4.78 is 23.0. The normalized spacial score (nSPS) is 17.0. The molecular weight excluding hydrogens is 573 g/mol. The van der Waals surface area contributed by atoms with E-state index in [4.69, 9.17) is 21.3 Å². The van der Waals surface area contributed by atoms with Crippen LogP contribution < -0.4 is 15.0 Å². The van der Waals surface area contributed by atoms with Crippen LogP contribution in [0.4, 0.5) is 21.7 Å². The van der Waals surface area contributed by atoms with Gasteiger partial charge in [-0.25, -0.2) is 29.3 Å². The van der Waals surface area contributed by atoms with E-state index in [2.05, 4.69) is 36.7 Å². The van der Waals surface area contributed by atoms with Gasteiger partial charge in [-0.3, -0.25) is 4.79 Å². The maximum Gasteiger partial charge on any atom is 0.246 e. The summed E-state index contributed by atoms with van der Waals surface area (Å²) in [4.78, 5) is 38.7. The molecule has 1 N–H and O–H groups in total. The minimum absolute atomic E-state index is 0.0362. The molecule has 1 saturated heterocycles. The number of aryl methyl sites for hydroxylation is 1. The second-order valence-corrected chi connectivity index (χ2v) is 11.1. The number of ether oxygens (including phenoxy) is 1. The molecule has 1 unspecified atom stereocenters. The lowest BCUT2D eigenvalue weighted by Gasteiger charge is -2.42. The number of anilines is 3. The first-order valence-electron chi connectivity index (χ1n) is 13.9. The van der Waals surface area contributed by atoms with Crippen LogP contribution in [0.25, 0.3) is 22.2 Å². The van der Waals surface area contributed by atoms with E-state index in [9.17, 15) is 4.79 Å². The topological polar surface area (TPSA) is 114 Å². The molecule has 7 rings (SSSR count). The van der Waals surface area contributed by atoms with Crippen molar-refractivity contribution < 1.29 is 13.9 Å². The van der Waals surface area contributed by atoms with Crippen LogP contribution in [0.2, 0.25) is 5.02 Å². The number of amides is 1. The monoisotopic (exact) mass is 599 g/mol. The lowest BCUT2D eigenvalue weighted by atomic mass is 10.1. The molecule has 1 aliphatic carbocycles. The van der Waals surface area contributed by atoms with Crippen LogP contribution >= 0.6 is 11.6 Å². The van der Waals surface area contributed by atoms with Gasteiger partial charge >= 0.3 is 0 Å². The molecule has 1 saturated carbocycles. The Morgan fingerprint density at radius 2 is 2.00 bits per heavy atom. The molecule has 13 heteroatoms. The smallest absolute Gasteiger partial charge is 0.246 e. The van der Waals surface area contributed by atoms with E-state index in [1.165, 1.54) is 30.7 Å². The third-order valence-electron chi connectivity index (χ3n) is 7.86. The van der Waals surface area contributed by atoms with Gasteiger partial charge in [-0.2, -0.15) is 0 Å². The first-order chi connectivity index (χ1) is 20.9. The fourth-order valence-corrected chi connectivity index (χ4v) is 5.70. The maximum absolute atomic E-state index is 15.4. The van der Waals surface area contributed by atoms with Crippen molar-refractivity contribution in [3.05, 3.63) is 72.7 Å². The molecular formula is C30H27ClFN9O2. The Morgan fingerprint density at radius 1 is 1.14 bits per heavy atom. The molecule has 0 bridgehead atoms. The summed E-state index contributed by atoms with van der Waals surface area (Å²) in [6.45, 7) is 5.56. The van der Waals surface area contributed by atoms with Crippen molar-refractivity contribution in [2.24, 2.45) is 13.0 Å². The molecule has 218 valence electrons. The minimum Gasteiger partial charge on any atom is -0.454 e. The number of nitrogens with zero attached hydrogens (tertiary/aromatic N) is 8. The molecule has 11 nitrogen and oxygen atoms in total. The molecule has 2 aliphatic rings. The van der Waals surface area contributed by atoms with E-state index in [1.807, 2.05) is 24.1 Å². The van der Waals surface area contributed by atoms with Crippen LogP contribution in [0.15, 0.2) is 61.8 Å².